The number of hydrogen-bond donors (Lipinski definition) is 1. The Morgan fingerprint density at radius 2 is 1.54 bits per heavy atom. The van der Waals surface area contributed by atoms with Crippen LogP contribution >= 0.6 is 0 Å². The van der Waals surface area contributed by atoms with Gasteiger partial charge in [-0.2, -0.15) is 0 Å². The first-order valence-electron chi connectivity index (χ1n) is 5.91. The molecule has 0 aromatic heterocycles. The van der Waals surface area contributed by atoms with E-state index in [0.717, 1.165) is 5.92 Å². The fourth-order valence-electron chi connectivity index (χ4n) is 1.31. The Bertz CT molecular complexity index is 71.5. The van der Waals surface area contributed by atoms with E-state index in [9.17, 15) is 0 Å². The quantitative estimate of drug-likeness (QED) is 0.666. The molecule has 0 aliphatic carbocycles. The van der Waals surface area contributed by atoms with Crippen LogP contribution in [-0.4, -0.2) is 13.6 Å². The molecule has 1 atom stereocenters. The fraction of sp³-hybridized carbons (Fsp3) is 1.00. The molecule has 0 radical (unpaired) electrons. The first-order valence-corrected chi connectivity index (χ1v) is 5.91. The van der Waals surface area contributed by atoms with Gasteiger partial charge in [0.05, 0.1) is 0 Å². The van der Waals surface area contributed by atoms with E-state index < -0.39 is 0 Å². The minimum atomic E-state index is 0.956. The second-order valence-corrected chi connectivity index (χ2v) is 3.66. The topological polar surface area (TPSA) is 12.0 Å². The average Bonchev–Trinajstić information content (AvgIpc) is 2.13. The van der Waals surface area contributed by atoms with Crippen molar-refractivity contribution >= 4 is 0 Å². The van der Waals surface area contributed by atoms with Gasteiger partial charge in [-0.3, -0.25) is 0 Å². The zero-order valence-corrected chi connectivity index (χ0v) is 10.3. The third-order valence-corrected chi connectivity index (χ3v) is 2.08. The van der Waals surface area contributed by atoms with Crippen LogP contribution in [0.3, 0.4) is 0 Å². The van der Waals surface area contributed by atoms with Crippen LogP contribution in [0.5, 0.6) is 0 Å². The molecule has 1 heteroatoms. The second-order valence-electron chi connectivity index (χ2n) is 3.66. The van der Waals surface area contributed by atoms with Gasteiger partial charge in [-0.15, -0.1) is 0 Å². The van der Waals surface area contributed by atoms with E-state index in [0.29, 0.717) is 0 Å². The molecule has 0 aliphatic rings. The number of nitrogens with one attached hydrogen (secondary N) is 1. The van der Waals surface area contributed by atoms with Crippen LogP contribution in [0.4, 0.5) is 0 Å². The molecule has 1 unspecified atom stereocenters. The van der Waals surface area contributed by atoms with E-state index in [-0.39, 0.29) is 0 Å². The van der Waals surface area contributed by atoms with Crippen molar-refractivity contribution in [2.24, 2.45) is 5.92 Å². The summed E-state index contributed by atoms with van der Waals surface area (Å²) in [4.78, 5) is 0. The maximum atomic E-state index is 3.19. The fourth-order valence-corrected chi connectivity index (χ4v) is 1.31. The molecule has 0 aliphatic heterocycles. The summed E-state index contributed by atoms with van der Waals surface area (Å²) in [5, 5.41) is 3.19. The molecule has 0 spiro atoms. The van der Waals surface area contributed by atoms with Crippen LogP contribution in [0.25, 0.3) is 0 Å². The van der Waals surface area contributed by atoms with E-state index in [1.807, 2.05) is 7.05 Å². The van der Waals surface area contributed by atoms with E-state index in [4.69, 9.17) is 0 Å². The van der Waals surface area contributed by atoms with Crippen LogP contribution in [0.2, 0.25) is 0 Å². The lowest BCUT2D eigenvalue weighted by molar-refractivity contribution is 0.426. The van der Waals surface area contributed by atoms with Crippen molar-refractivity contribution in [1.82, 2.24) is 5.32 Å². The zero-order valence-electron chi connectivity index (χ0n) is 10.3. The van der Waals surface area contributed by atoms with E-state index in [2.05, 4.69) is 33.0 Å². The predicted molar refractivity (Wildman–Crippen MR) is 63.2 cm³/mol. The largest absolute Gasteiger partial charge is 0.320 e. The molecule has 1 nitrogen and oxygen atoms in total. The number of hydrogen-bond acceptors (Lipinski definition) is 1. The molecule has 0 fully saturated rings. The predicted octanol–water partition coefficient (Wildman–Crippen LogP) is 3.84. The minimum Gasteiger partial charge on any atom is -0.320 e. The molecule has 1 N–H and O–H groups in total. The molecule has 13 heavy (non-hydrogen) atoms. The van der Waals surface area contributed by atoms with Gasteiger partial charge in [0.15, 0.2) is 0 Å². The molecule has 82 valence electrons. The third-order valence-electron chi connectivity index (χ3n) is 2.08. The molecule has 0 bridgehead atoms. The van der Waals surface area contributed by atoms with Gasteiger partial charge in [0.1, 0.15) is 0 Å². The van der Waals surface area contributed by atoms with Crippen LogP contribution in [0.1, 0.15) is 59.8 Å². The van der Waals surface area contributed by atoms with Crippen LogP contribution in [0, 0.1) is 5.92 Å². The Kier molecular flexibility index (Phi) is 17.2. The van der Waals surface area contributed by atoms with Gasteiger partial charge < -0.3 is 5.32 Å². The summed E-state index contributed by atoms with van der Waals surface area (Å²) in [6.07, 6.45) is 6.68. The van der Waals surface area contributed by atoms with Crippen LogP contribution in [-0.2, 0) is 0 Å². The highest BCUT2D eigenvalue weighted by atomic mass is 14.8. The van der Waals surface area contributed by atoms with Crippen molar-refractivity contribution in [2.45, 2.75) is 59.8 Å². The van der Waals surface area contributed by atoms with Gasteiger partial charge in [0.25, 0.3) is 0 Å². The van der Waals surface area contributed by atoms with E-state index in [1.54, 1.807) is 0 Å². The Labute approximate surface area is 85.3 Å². The third kappa shape index (κ3) is 14.8. The lowest BCUT2D eigenvalue weighted by atomic mass is 9.97. The zero-order chi connectivity index (χ0) is 10.5. The Morgan fingerprint density at radius 1 is 1.00 bits per heavy atom. The Morgan fingerprint density at radius 3 is 1.85 bits per heavy atom. The SMILES string of the molecule is CCC.CCCC(CC)CCNC. The summed E-state index contributed by atoms with van der Waals surface area (Å²) in [5.41, 5.74) is 0. The maximum Gasteiger partial charge on any atom is -0.00493 e. The van der Waals surface area contributed by atoms with Gasteiger partial charge >= 0.3 is 0 Å². The van der Waals surface area contributed by atoms with Crippen molar-refractivity contribution in [3.63, 3.8) is 0 Å². The molecular weight excluding hydrogens is 158 g/mol. The van der Waals surface area contributed by atoms with Crippen molar-refractivity contribution in [1.29, 1.82) is 0 Å². The highest BCUT2D eigenvalue weighted by molar-refractivity contribution is 4.57. The van der Waals surface area contributed by atoms with Crippen molar-refractivity contribution in [3.8, 4) is 0 Å². The molecule has 0 heterocycles. The van der Waals surface area contributed by atoms with Crippen LogP contribution < -0.4 is 5.32 Å². The lowest BCUT2D eigenvalue weighted by Crippen LogP contribution is -2.12. The summed E-state index contributed by atoms with van der Waals surface area (Å²) in [5.74, 6) is 0.956. The monoisotopic (exact) mass is 187 g/mol. The van der Waals surface area contributed by atoms with E-state index in [1.165, 1.54) is 38.6 Å². The molecular formula is C12H29N. The maximum absolute atomic E-state index is 3.19. The molecule has 0 rings (SSSR count). The average molecular weight is 187 g/mol. The standard InChI is InChI=1S/C9H21N.C3H8/c1-4-6-9(5-2)7-8-10-3;1-3-2/h9-10H,4-8H2,1-3H3;3H2,1-2H3. The van der Waals surface area contributed by atoms with Gasteiger partial charge in [-0.25, -0.2) is 0 Å². The first kappa shape index (κ1) is 15.4. The van der Waals surface area contributed by atoms with Crippen LogP contribution in [0.15, 0.2) is 0 Å². The summed E-state index contributed by atoms with van der Waals surface area (Å²) >= 11 is 0. The normalized spacial score (nSPS) is 11.8. The number of rotatable bonds is 6. The van der Waals surface area contributed by atoms with Crippen molar-refractivity contribution in [3.05, 3.63) is 0 Å². The smallest absolute Gasteiger partial charge is 0.00493 e. The Hall–Kier alpha value is -0.0400. The first-order chi connectivity index (χ1) is 6.26. The highest BCUT2D eigenvalue weighted by Gasteiger charge is 2.02. The Balaban J connectivity index is 0. The molecule has 0 aromatic carbocycles. The van der Waals surface area contributed by atoms with Gasteiger partial charge in [0.2, 0.25) is 0 Å². The molecule has 0 aromatic rings. The highest BCUT2D eigenvalue weighted by Crippen LogP contribution is 2.13. The van der Waals surface area contributed by atoms with Gasteiger partial charge in [0, 0.05) is 0 Å². The second kappa shape index (κ2) is 14.5. The summed E-state index contributed by atoms with van der Waals surface area (Å²) in [7, 11) is 2.03. The molecule has 0 amide bonds. The summed E-state index contributed by atoms with van der Waals surface area (Å²) in [6, 6.07) is 0. The van der Waals surface area contributed by atoms with Crippen molar-refractivity contribution in [2.75, 3.05) is 13.6 Å². The lowest BCUT2D eigenvalue weighted by Gasteiger charge is -2.12. The summed E-state index contributed by atoms with van der Waals surface area (Å²) in [6.45, 7) is 9.98. The molecule has 0 saturated heterocycles. The summed E-state index contributed by atoms with van der Waals surface area (Å²) < 4.78 is 0. The molecule has 0 saturated carbocycles. The van der Waals surface area contributed by atoms with E-state index >= 15 is 0 Å². The van der Waals surface area contributed by atoms with Gasteiger partial charge in [-0.05, 0) is 25.9 Å². The van der Waals surface area contributed by atoms with Crippen molar-refractivity contribution < 1.29 is 0 Å². The minimum absolute atomic E-state index is 0.956. The van der Waals surface area contributed by atoms with Gasteiger partial charge in [-0.1, -0.05) is 53.4 Å².